The van der Waals surface area contributed by atoms with E-state index in [1.54, 1.807) is 13.8 Å². The van der Waals surface area contributed by atoms with Gasteiger partial charge in [0.25, 0.3) is 5.56 Å². The van der Waals surface area contributed by atoms with Crippen LogP contribution in [0, 0.1) is 13.8 Å². The Morgan fingerprint density at radius 1 is 1.31 bits per heavy atom. The van der Waals surface area contributed by atoms with Crippen LogP contribution in [-0.4, -0.2) is 22.3 Å². The molecular weight excluding hydrogens is 232 g/mol. The zero-order valence-electron chi connectivity index (χ0n) is 9.62. The molecule has 0 unspecified atom stereocenters. The van der Waals surface area contributed by atoms with Crippen molar-refractivity contribution in [2.24, 2.45) is 0 Å². The first-order chi connectivity index (χ1) is 7.54. The van der Waals surface area contributed by atoms with E-state index in [0.717, 1.165) is 9.30 Å². The molecule has 0 saturated carbocycles. The van der Waals surface area contributed by atoms with Crippen LogP contribution >= 0.6 is 11.6 Å². The third-order valence-electron chi connectivity index (χ3n) is 2.52. The summed E-state index contributed by atoms with van der Waals surface area (Å²) in [7, 11) is 1.39. The molecule has 16 heavy (non-hydrogen) atoms. The standard InChI is InChI=1S/C10H15ClN2O3/c1-7-8(2)13(16-3)10(15)12(9(7)14)6-4-5-11/h4-6H2,1-3H3. The molecule has 0 N–H and O–H groups in total. The highest BCUT2D eigenvalue weighted by Gasteiger charge is 2.12. The van der Waals surface area contributed by atoms with Crippen LogP contribution < -0.4 is 16.1 Å². The van der Waals surface area contributed by atoms with E-state index in [1.807, 2.05) is 0 Å². The first-order valence-electron chi connectivity index (χ1n) is 4.98. The fourth-order valence-electron chi connectivity index (χ4n) is 1.48. The van der Waals surface area contributed by atoms with Crippen LogP contribution in [0.3, 0.4) is 0 Å². The van der Waals surface area contributed by atoms with Gasteiger partial charge in [-0.1, -0.05) is 0 Å². The second-order valence-electron chi connectivity index (χ2n) is 3.47. The Morgan fingerprint density at radius 2 is 1.94 bits per heavy atom. The molecule has 0 spiro atoms. The average molecular weight is 247 g/mol. The predicted octanol–water partition coefficient (Wildman–Crippen LogP) is 0.314. The smallest absolute Gasteiger partial charge is 0.364 e. The van der Waals surface area contributed by atoms with E-state index in [4.69, 9.17) is 16.4 Å². The van der Waals surface area contributed by atoms with Crippen LogP contribution in [0.2, 0.25) is 0 Å². The van der Waals surface area contributed by atoms with E-state index < -0.39 is 5.69 Å². The number of nitrogens with zero attached hydrogens (tertiary/aromatic N) is 2. The minimum Gasteiger partial charge on any atom is -0.413 e. The number of hydrogen-bond acceptors (Lipinski definition) is 3. The molecule has 5 nitrogen and oxygen atoms in total. The molecule has 1 heterocycles. The lowest BCUT2D eigenvalue weighted by molar-refractivity contribution is 0.140. The first-order valence-corrected chi connectivity index (χ1v) is 5.51. The van der Waals surface area contributed by atoms with E-state index >= 15 is 0 Å². The predicted molar refractivity (Wildman–Crippen MR) is 62.3 cm³/mol. The fourth-order valence-corrected chi connectivity index (χ4v) is 1.60. The highest BCUT2D eigenvalue weighted by molar-refractivity contribution is 6.17. The van der Waals surface area contributed by atoms with Gasteiger partial charge < -0.3 is 4.84 Å². The third-order valence-corrected chi connectivity index (χ3v) is 2.78. The summed E-state index contributed by atoms with van der Waals surface area (Å²) in [5.41, 5.74) is 0.303. The fraction of sp³-hybridized carbons (Fsp3) is 0.600. The maximum Gasteiger partial charge on any atom is 0.364 e. The van der Waals surface area contributed by atoms with Crippen LogP contribution in [-0.2, 0) is 6.54 Å². The minimum absolute atomic E-state index is 0.277. The molecular formula is C10H15ClN2O3. The highest BCUT2D eigenvalue weighted by atomic mass is 35.5. The van der Waals surface area contributed by atoms with Crippen molar-refractivity contribution < 1.29 is 4.84 Å². The second-order valence-corrected chi connectivity index (χ2v) is 3.85. The molecule has 0 aliphatic carbocycles. The van der Waals surface area contributed by atoms with Gasteiger partial charge in [-0.15, -0.1) is 16.3 Å². The molecule has 0 saturated heterocycles. The normalized spacial score (nSPS) is 10.5. The van der Waals surface area contributed by atoms with Crippen LogP contribution in [0.5, 0.6) is 0 Å². The lowest BCUT2D eigenvalue weighted by Crippen LogP contribution is -2.44. The molecule has 0 amide bonds. The Labute approximate surface area is 98.2 Å². The van der Waals surface area contributed by atoms with Crippen LogP contribution in [0.4, 0.5) is 0 Å². The Hall–Kier alpha value is -1.23. The summed E-state index contributed by atoms with van der Waals surface area (Å²) in [4.78, 5) is 28.6. The van der Waals surface area contributed by atoms with E-state index in [-0.39, 0.29) is 5.56 Å². The molecule has 6 heteroatoms. The number of rotatable bonds is 4. The molecule has 1 aromatic heterocycles. The molecule has 1 rings (SSSR count). The van der Waals surface area contributed by atoms with Crippen LogP contribution in [0.1, 0.15) is 17.7 Å². The Kier molecular flexibility index (Phi) is 4.18. The average Bonchev–Trinajstić information content (AvgIpc) is 2.27. The molecule has 0 radical (unpaired) electrons. The van der Waals surface area contributed by atoms with E-state index in [9.17, 15) is 9.59 Å². The lowest BCUT2D eigenvalue weighted by Gasteiger charge is -2.13. The molecule has 0 aromatic carbocycles. The van der Waals surface area contributed by atoms with Gasteiger partial charge in [-0.25, -0.2) is 4.79 Å². The van der Waals surface area contributed by atoms with Crippen LogP contribution in [0.25, 0.3) is 0 Å². The topological polar surface area (TPSA) is 53.2 Å². The van der Waals surface area contributed by atoms with Crippen molar-refractivity contribution in [3.05, 3.63) is 32.1 Å². The van der Waals surface area contributed by atoms with E-state index in [2.05, 4.69) is 0 Å². The Morgan fingerprint density at radius 3 is 2.44 bits per heavy atom. The summed E-state index contributed by atoms with van der Waals surface area (Å²) < 4.78 is 2.26. The summed E-state index contributed by atoms with van der Waals surface area (Å²) >= 11 is 5.55. The van der Waals surface area contributed by atoms with Crippen molar-refractivity contribution >= 4 is 11.6 Å². The monoisotopic (exact) mass is 246 g/mol. The molecule has 1 aromatic rings. The van der Waals surface area contributed by atoms with Gasteiger partial charge in [-0.3, -0.25) is 9.36 Å². The maximum absolute atomic E-state index is 11.9. The van der Waals surface area contributed by atoms with Gasteiger partial charge in [-0.2, -0.15) is 0 Å². The zero-order valence-corrected chi connectivity index (χ0v) is 10.4. The first kappa shape index (κ1) is 12.8. The van der Waals surface area contributed by atoms with Gasteiger partial charge in [0, 0.05) is 18.0 Å². The Balaban J connectivity index is 3.44. The summed E-state index contributed by atoms with van der Waals surface area (Å²) in [6, 6.07) is 0. The summed E-state index contributed by atoms with van der Waals surface area (Å²) in [6.07, 6.45) is 0.572. The Bertz CT molecular complexity index is 490. The van der Waals surface area contributed by atoms with Gasteiger partial charge >= 0.3 is 5.69 Å². The zero-order chi connectivity index (χ0) is 12.3. The van der Waals surface area contributed by atoms with Crippen molar-refractivity contribution in [2.75, 3.05) is 13.0 Å². The summed E-state index contributed by atoms with van der Waals surface area (Å²) in [5, 5.41) is 0. The van der Waals surface area contributed by atoms with Crippen molar-refractivity contribution in [2.45, 2.75) is 26.8 Å². The number of halogens is 1. The number of alkyl halides is 1. The number of aromatic nitrogens is 2. The molecule has 0 aliphatic rings. The van der Waals surface area contributed by atoms with Crippen LogP contribution in [0.15, 0.2) is 9.59 Å². The lowest BCUT2D eigenvalue weighted by atomic mass is 10.2. The van der Waals surface area contributed by atoms with Crippen molar-refractivity contribution in [3.63, 3.8) is 0 Å². The van der Waals surface area contributed by atoms with Crippen molar-refractivity contribution in [1.29, 1.82) is 0 Å². The van der Waals surface area contributed by atoms with E-state index in [1.165, 1.54) is 7.11 Å². The van der Waals surface area contributed by atoms with Gasteiger partial charge in [0.05, 0.1) is 5.69 Å². The second kappa shape index (κ2) is 5.21. The third kappa shape index (κ3) is 2.14. The van der Waals surface area contributed by atoms with E-state index in [0.29, 0.717) is 30.1 Å². The summed E-state index contributed by atoms with van der Waals surface area (Å²) in [5.74, 6) is 0.409. The highest BCUT2D eigenvalue weighted by Crippen LogP contribution is 1.97. The maximum atomic E-state index is 11.9. The largest absolute Gasteiger partial charge is 0.413 e. The quantitative estimate of drug-likeness (QED) is 0.719. The minimum atomic E-state index is -0.458. The molecule has 0 aliphatic heterocycles. The SMILES string of the molecule is COn1c(C)c(C)c(=O)n(CCCCl)c1=O. The van der Waals surface area contributed by atoms with Crippen molar-refractivity contribution in [3.8, 4) is 0 Å². The van der Waals surface area contributed by atoms with Gasteiger partial charge in [0.2, 0.25) is 0 Å². The molecule has 0 fully saturated rings. The number of hydrogen-bond donors (Lipinski definition) is 0. The van der Waals surface area contributed by atoms with Gasteiger partial charge in [-0.05, 0) is 20.3 Å². The molecule has 90 valence electrons. The molecule has 0 atom stereocenters. The van der Waals surface area contributed by atoms with Crippen molar-refractivity contribution in [1.82, 2.24) is 9.30 Å². The van der Waals surface area contributed by atoms with Gasteiger partial charge in [0.1, 0.15) is 7.11 Å². The van der Waals surface area contributed by atoms with Gasteiger partial charge in [0.15, 0.2) is 0 Å². The molecule has 0 bridgehead atoms. The summed E-state index contributed by atoms with van der Waals surface area (Å²) in [6.45, 7) is 3.66.